The minimum absolute atomic E-state index is 0.0254. The first-order valence-electron chi connectivity index (χ1n) is 6.23. The molecule has 96 valence electrons. The molecule has 4 nitrogen and oxygen atoms in total. The largest absolute Gasteiger partial charge is 0.395 e. The lowest BCUT2D eigenvalue weighted by molar-refractivity contribution is -0.138. The van der Waals surface area contributed by atoms with Gasteiger partial charge in [-0.25, -0.2) is 0 Å². The van der Waals surface area contributed by atoms with Gasteiger partial charge in [-0.3, -0.25) is 4.79 Å². The van der Waals surface area contributed by atoms with E-state index >= 15 is 0 Å². The summed E-state index contributed by atoms with van der Waals surface area (Å²) in [5, 5.41) is 9.02. The van der Waals surface area contributed by atoms with Gasteiger partial charge < -0.3 is 15.7 Å². The smallest absolute Gasteiger partial charge is 0.225 e. The Bertz CT molecular complexity index is 193. The molecule has 0 aromatic rings. The highest BCUT2D eigenvalue weighted by Gasteiger charge is 2.24. The van der Waals surface area contributed by atoms with Crippen molar-refractivity contribution in [3.8, 4) is 0 Å². The van der Waals surface area contributed by atoms with E-state index in [1.165, 1.54) is 0 Å². The van der Waals surface area contributed by atoms with Crippen LogP contribution in [-0.2, 0) is 4.79 Å². The number of hydrogen-bond acceptors (Lipinski definition) is 3. The highest BCUT2D eigenvalue weighted by atomic mass is 16.3. The molecular weight excluding hydrogens is 204 g/mol. The summed E-state index contributed by atoms with van der Waals surface area (Å²) in [5.74, 6) is 0.0744. The molecule has 0 aromatic heterocycles. The van der Waals surface area contributed by atoms with Crippen molar-refractivity contribution >= 4 is 5.91 Å². The van der Waals surface area contributed by atoms with Gasteiger partial charge in [0, 0.05) is 18.5 Å². The molecule has 0 spiro atoms. The highest BCUT2D eigenvalue weighted by Crippen LogP contribution is 2.14. The molecule has 16 heavy (non-hydrogen) atoms. The van der Waals surface area contributed by atoms with Crippen LogP contribution in [0.1, 0.15) is 40.0 Å². The van der Waals surface area contributed by atoms with Gasteiger partial charge in [0.15, 0.2) is 0 Å². The molecule has 1 amide bonds. The lowest BCUT2D eigenvalue weighted by Gasteiger charge is -2.32. The second-order valence-electron chi connectivity index (χ2n) is 4.20. The van der Waals surface area contributed by atoms with E-state index in [0.717, 1.165) is 12.8 Å². The molecule has 0 heterocycles. The zero-order valence-corrected chi connectivity index (χ0v) is 10.8. The topological polar surface area (TPSA) is 66.6 Å². The quantitative estimate of drug-likeness (QED) is 0.653. The maximum Gasteiger partial charge on any atom is 0.225 e. The molecule has 0 rings (SSSR count). The van der Waals surface area contributed by atoms with Gasteiger partial charge in [0.1, 0.15) is 0 Å². The zero-order chi connectivity index (χ0) is 12.6. The third-order valence-electron chi connectivity index (χ3n) is 3.03. The third-order valence-corrected chi connectivity index (χ3v) is 3.03. The fourth-order valence-electron chi connectivity index (χ4n) is 1.97. The maximum absolute atomic E-state index is 12.1. The van der Waals surface area contributed by atoms with Crippen LogP contribution in [0.4, 0.5) is 0 Å². The molecule has 0 saturated heterocycles. The lowest BCUT2D eigenvalue weighted by Crippen LogP contribution is -2.44. The number of carbonyl (C=O) groups excluding carboxylic acids is 1. The molecule has 0 radical (unpaired) electrons. The molecule has 0 aromatic carbocycles. The summed E-state index contributed by atoms with van der Waals surface area (Å²) in [6.45, 7) is 7.03. The van der Waals surface area contributed by atoms with E-state index in [1.807, 2.05) is 6.92 Å². The van der Waals surface area contributed by atoms with Crippen molar-refractivity contribution in [3.63, 3.8) is 0 Å². The first kappa shape index (κ1) is 15.4. The Morgan fingerprint density at radius 1 is 1.38 bits per heavy atom. The summed E-state index contributed by atoms with van der Waals surface area (Å²) in [6, 6.07) is 0.236. The third kappa shape index (κ3) is 4.49. The predicted octanol–water partition coefficient (Wildman–Crippen LogP) is 0.981. The van der Waals surface area contributed by atoms with Crippen LogP contribution in [0.25, 0.3) is 0 Å². The Balaban J connectivity index is 4.55. The number of rotatable bonds is 8. The number of aliphatic hydroxyl groups excluding tert-OH is 1. The lowest BCUT2D eigenvalue weighted by atomic mass is 10.0. The van der Waals surface area contributed by atoms with Gasteiger partial charge in [0.2, 0.25) is 5.91 Å². The van der Waals surface area contributed by atoms with Crippen molar-refractivity contribution in [2.75, 3.05) is 19.7 Å². The molecule has 3 N–H and O–H groups in total. The molecule has 0 bridgehead atoms. The van der Waals surface area contributed by atoms with Crippen molar-refractivity contribution in [3.05, 3.63) is 0 Å². The van der Waals surface area contributed by atoms with E-state index in [0.29, 0.717) is 19.5 Å². The van der Waals surface area contributed by atoms with Crippen LogP contribution < -0.4 is 5.73 Å². The summed E-state index contributed by atoms with van der Waals surface area (Å²) in [7, 11) is 0. The van der Waals surface area contributed by atoms with E-state index in [4.69, 9.17) is 10.8 Å². The molecule has 0 aliphatic heterocycles. The van der Waals surface area contributed by atoms with Crippen LogP contribution in [0.3, 0.4) is 0 Å². The van der Waals surface area contributed by atoms with Crippen LogP contribution in [0.5, 0.6) is 0 Å². The summed E-state index contributed by atoms with van der Waals surface area (Å²) in [5.41, 5.74) is 5.46. The first-order valence-corrected chi connectivity index (χ1v) is 6.23. The Morgan fingerprint density at radius 2 is 1.94 bits per heavy atom. The van der Waals surface area contributed by atoms with Crippen molar-refractivity contribution < 1.29 is 9.90 Å². The minimum Gasteiger partial charge on any atom is -0.395 e. The van der Waals surface area contributed by atoms with E-state index in [1.54, 1.807) is 4.90 Å². The van der Waals surface area contributed by atoms with Crippen LogP contribution in [-0.4, -0.2) is 41.7 Å². The minimum atomic E-state index is -0.0443. The van der Waals surface area contributed by atoms with Crippen LogP contribution in [0.15, 0.2) is 0 Å². The van der Waals surface area contributed by atoms with Crippen LogP contribution in [0, 0.1) is 5.92 Å². The SMILES string of the molecule is CCC(CC)N(CCO)C(=O)C(C)CCN. The molecule has 0 saturated carbocycles. The molecule has 0 aliphatic carbocycles. The average molecular weight is 230 g/mol. The molecule has 0 aliphatic rings. The average Bonchev–Trinajstić information content (AvgIpc) is 2.29. The van der Waals surface area contributed by atoms with Gasteiger partial charge in [-0.2, -0.15) is 0 Å². The molecule has 1 atom stereocenters. The van der Waals surface area contributed by atoms with E-state index in [-0.39, 0.29) is 24.5 Å². The van der Waals surface area contributed by atoms with E-state index in [2.05, 4.69) is 13.8 Å². The maximum atomic E-state index is 12.1. The Labute approximate surface area is 98.8 Å². The van der Waals surface area contributed by atoms with E-state index in [9.17, 15) is 4.79 Å². The van der Waals surface area contributed by atoms with Gasteiger partial charge in [-0.15, -0.1) is 0 Å². The van der Waals surface area contributed by atoms with Crippen LogP contribution >= 0.6 is 0 Å². The highest BCUT2D eigenvalue weighted by molar-refractivity contribution is 5.78. The van der Waals surface area contributed by atoms with Crippen molar-refractivity contribution in [2.45, 2.75) is 46.1 Å². The van der Waals surface area contributed by atoms with Gasteiger partial charge in [0.05, 0.1) is 6.61 Å². The van der Waals surface area contributed by atoms with Gasteiger partial charge >= 0.3 is 0 Å². The first-order chi connectivity index (χ1) is 7.62. The summed E-state index contributed by atoms with van der Waals surface area (Å²) >= 11 is 0. The monoisotopic (exact) mass is 230 g/mol. The molecule has 1 unspecified atom stereocenters. The Hall–Kier alpha value is -0.610. The molecular formula is C12H26N2O2. The van der Waals surface area contributed by atoms with Crippen LogP contribution in [0.2, 0.25) is 0 Å². The van der Waals surface area contributed by atoms with Crippen molar-refractivity contribution in [1.82, 2.24) is 4.90 Å². The Kier molecular flexibility index (Phi) is 8.21. The molecule has 4 heteroatoms. The number of carbonyl (C=O) groups is 1. The molecule has 0 fully saturated rings. The van der Waals surface area contributed by atoms with Crippen molar-refractivity contribution in [1.29, 1.82) is 0 Å². The number of nitrogens with zero attached hydrogens (tertiary/aromatic N) is 1. The second-order valence-corrected chi connectivity index (χ2v) is 4.20. The fourth-order valence-corrected chi connectivity index (χ4v) is 1.97. The Morgan fingerprint density at radius 3 is 2.31 bits per heavy atom. The number of hydrogen-bond donors (Lipinski definition) is 2. The number of amides is 1. The number of aliphatic hydroxyl groups is 1. The van der Waals surface area contributed by atoms with E-state index < -0.39 is 0 Å². The van der Waals surface area contributed by atoms with Gasteiger partial charge in [-0.05, 0) is 25.8 Å². The predicted molar refractivity (Wildman–Crippen MR) is 66.0 cm³/mol. The fraction of sp³-hybridized carbons (Fsp3) is 0.917. The number of nitrogens with two attached hydrogens (primary N) is 1. The summed E-state index contributed by atoms with van der Waals surface area (Å²) in [6.07, 6.45) is 2.57. The van der Waals surface area contributed by atoms with Gasteiger partial charge in [-0.1, -0.05) is 20.8 Å². The zero-order valence-electron chi connectivity index (χ0n) is 10.8. The van der Waals surface area contributed by atoms with Gasteiger partial charge in [0.25, 0.3) is 0 Å². The standard InChI is InChI=1S/C12H26N2O2/c1-4-11(5-2)14(8-9-15)12(16)10(3)6-7-13/h10-11,15H,4-9,13H2,1-3H3. The van der Waals surface area contributed by atoms with Crippen molar-refractivity contribution in [2.24, 2.45) is 11.7 Å². The summed E-state index contributed by atoms with van der Waals surface area (Å²) < 4.78 is 0. The second kappa shape index (κ2) is 8.53. The normalized spacial score (nSPS) is 12.9. The summed E-state index contributed by atoms with van der Waals surface area (Å²) in [4.78, 5) is 13.9.